The number of ether oxygens (including phenoxy) is 1. The van der Waals surface area contributed by atoms with E-state index < -0.39 is 0 Å². The molecule has 3 nitrogen and oxygen atoms in total. The van der Waals surface area contributed by atoms with E-state index in [2.05, 4.69) is 11.9 Å². The van der Waals surface area contributed by atoms with E-state index in [1.165, 1.54) is 25.7 Å². The molecule has 1 aliphatic carbocycles. The van der Waals surface area contributed by atoms with Crippen molar-refractivity contribution in [2.75, 3.05) is 12.8 Å². The zero-order chi connectivity index (χ0) is 12.3. The Bertz CT molecular complexity index is 384. The van der Waals surface area contributed by atoms with Crippen molar-refractivity contribution in [3.8, 4) is 5.88 Å². The fourth-order valence-corrected chi connectivity index (χ4v) is 3.65. The summed E-state index contributed by atoms with van der Waals surface area (Å²) in [5.74, 6) is 1.38. The first kappa shape index (κ1) is 12.6. The Kier molecular flexibility index (Phi) is 4.15. The summed E-state index contributed by atoms with van der Waals surface area (Å²) in [5.41, 5.74) is 6.36. The number of hydrogen-bond acceptors (Lipinski definition) is 4. The highest BCUT2D eigenvalue weighted by Crippen LogP contribution is 2.36. The van der Waals surface area contributed by atoms with Crippen molar-refractivity contribution in [3.05, 3.63) is 12.1 Å². The molecule has 4 heteroatoms. The molecule has 0 aliphatic heterocycles. The summed E-state index contributed by atoms with van der Waals surface area (Å²) in [7, 11) is 1.61. The highest BCUT2D eigenvalue weighted by atomic mass is 32.2. The minimum Gasteiger partial charge on any atom is -0.480 e. The minimum absolute atomic E-state index is 0.541. The summed E-state index contributed by atoms with van der Waals surface area (Å²) in [6.45, 7) is 2.34. The minimum atomic E-state index is 0.541. The maximum atomic E-state index is 5.76. The lowest BCUT2D eigenvalue weighted by molar-refractivity contribution is 0.392. The second-order valence-corrected chi connectivity index (χ2v) is 6.08. The van der Waals surface area contributed by atoms with Crippen molar-refractivity contribution >= 4 is 17.4 Å². The number of thioether (sulfide) groups is 1. The van der Waals surface area contributed by atoms with Gasteiger partial charge in [0.15, 0.2) is 0 Å². The molecule has 0 aromatic carbocycles. The highest BCUT2D eigenvalue weighted by Gasteiger charge is 2.20. The first-order chi connectivity index (χ1) is 8.19. The second kappa shape index (κ2) is 5.63. The standard InChI is InChI=1S/C13H20N2OS/c1-9-4-3-5-10(8-9)17-12-7-6-11(14)13(15-12)16-2/h6-7,9-10H,3-5,8,14H2,1-2H3. The third-order valence-corrected chi connectivity index (χ3v) is 4.46. The second-order valence-electron chi connectivity index (χ2n) is 4.76. The predicted molar refractivity (Wildman–Crippen MR) is 72.5 cm³/mol. The Hall–Kier alpha value is -0.900. The van der Waals surface area contributed by atoms with Crippen LogP contribution in [-0.4, -0.2) is 17.3 Å². The fourth-order valence-electron chi connectivity index (χ4n) is 2.32. The van der Waals surface area contributed by atoms with Gasteiger partial charge < -0.3 is 10.5 Å². The van der Waals surface area contributed by atoms with Crippen LogP contribution in [0.4, 0.5) is 5.69 Å². The number of anilines is 1. The van der Waals surface area contributed by atoms with Crippen LogP contribution in [0, 0.1) is 5.92 Å². The zero-order valence-electron chi connectivity index (χ0n) is 10.5. The molecule has 17 heavy (non-hydrogen) atoms. The van der Waals surface area contributed by atoms with Gasteiger partial charge in [0.1, 0.15) is 5.03 Å². The average molecular weight is 252 g/mol. The van der Waals surface area contributed by atoms with Gasteiger partial charge in [-0.15, -0.1) is 11.8 Å². The largest absolute Gasteiger partial charge is 0.480 e. The first-order valence-electron chi connectivity index (χ1n) is 6.16. The summed E-state index contributed by atoms with van der Waals surface area (Å²) in [4.78, 5) is 4.43. The Morgan fingerprint density at radius 1 is 1.41 bits per heavy atom. The molecule has 2 atom stereocenters. The molecule has 1 heterocycles. The van der Waals surface area contributed by atoms with Crippen molar-refractivity contribution < 1.29 is 4.74 Å². The van der Waals surface area contributed by atoms with Crippen LogP contribution in [0.3, 0.4) is 0 Å². The maximum Gasteiger partial charge on any atom is 0.237 e. The molecule has 94 valence electrons. The van der Waals surface area contributed by atoms with Crippen LogP contribution in [0.25, 0.3) is 0 Å². The van der Waals surface area contributed by atoms with Gasteiger partial charge in [0.2, 0.25) is 5.88 Å². The highest BCUT2D eigenvalue weighted by molar-refractivity contribution is 7.99. The van der Waals surface area contributed by atoms with Crippen molar-refractivity contribution in [3.63, 3.8) is 0 Å². The van der Waals surface area contributed by atoms with Crippen LogP contribution >= 0.6 is 11.8 Å². The van der Waals surface area contributed by atoms with Gasteiger partial charge in [-0.25, -0.2) is 4.98 Å². The van der Waals surface area contributed by atoms with Gasteiger partial charge in [0, 0.05) is 5.25 Å². The van der Waals surface area contributed by atoms with Crippen molar-refractivity contribution in [2.45, 2.75) is 42.9 Å². The molecular weight excluding hydrogens is 232 g/mol. The van der Waals surface area contributed by atoms with Crippen LogP contribution in [0.5, 0.6) is 5.88 Å². The number of aromatic nitrogens is 1. The third-order valence-electron chi connectivity index (χ3n) is 3.23. The smallest absolute Gasteiger partial charge is 0.237 e. The molecule has 0 spiro atoms. The van der Waals surface area contributed by atoms with E-state index in [4.69, 9.17) is 10.5 Å². The SMILES string of the molecule is COc1nc(SC2CCCC(C)C2)ccc1N. The first-order valence-corrected chi connectivity index (χ1v) is 7.04. The molecular formula is C13H20N2OS. The Labute approximate surface area is 107 Å². The average Bonchev–Trinajstić information content (AvgIpc) is 2.32. The molecule has 1 fully saturated rings. The zero-order valence-corrected chi connectivity index (χ0v) is 11.3. The van der Waals surface area contributed by atoms with Crippen LogP contribution in [0.15, 0.2) is 17.2 Å². The quantitative estimate of drug-likeness (QED) is 0.896. The topological polar surface area (TPSA) is 48.1 Å². The Morgan fingerprint density at radius 3 is 2.94 bits per heavy atom. The number of methoxy groups -OCH3 is 1. The number of nitrogen functional groups attached to an aromatic ring is 1. The lowest BCUT2D eigenvalue weighted by Crippen LogP contribution is -2.15. The number of nitrogens with two attached hydrogens (primary N) is 1. The lowest BCUT2D eigenvalue weighted by atomic mass is 9.91. The van der Waals surface area contributed by atoms with Gasteiger partial charge in [-0.2, -0.15) is 0 Å². The molecule has 0 saturated heterocycles. The number of pyridine rings is 1. The molecule has 1 aromatic heterocycles. The normalized spacial score (nSPS) is 24.6. The molecule has 2 N–H and O–H groups in total. The van der Waals surface area contributed by atoms with Gasteiger partial charge in [0.25, 0.3) is 0 Å². The molecule has 2 unspecified atom stereocenters. The maximum absolute atomic E-state index is 5.76. The van der Waals surface area contributed by atoms with E-state index in [1.54, 1.807) is 7.11 Å². The molecule has 0 amide bonds. The Balaban J connectivity index is 2.02. The van der Waals surface area contributed by atoms with E-state index in [1.807, 2.05) is 23.9 Å². The molecule has 1 saturated carbocycles. The van der Waals surface area contributed by atoms with Crippen molar-refractivity contribution in [2.24, 2.45) is 5.92 Å². The molecule has 0 radical (unpaired) electrons. The summed E-state index contributed by atoms with van der Waals surface area (Å²) in [6.07, 6.45) is 5.29. The predicted octanol–water partition coefficient (Wildman–Crippen LogP) is 3.34. The van der Waals surface area contributed by atoms with E-state index in [9.17, 15) is 0 Å². The van der Waals surface area contributed by atoms with Gasteiger partial charge in [-0.3, -0.25) is 0 Å². The molecule has 0 bridgehead atoms. The van der Waals surface area contributed by atoms with E-state index in [0.29, 0.717) is 16.8 Å². The number of hydrogen-bond donors (Lipinski definition) is 1. The van der Waals surface area contributed by atoms with E-state index >= 15 is 0 Å². The van der Waals surface area contributed by atoms with Gasteiger partial charge in [0.05, 0.1) is 12.8 Å². The van der Waals surface area contributed by atoms with Crippen LogP contribution in [0.2, 0.25) is 0 Å². The van der Waals surface area contributed by atoms with Gasteiger partial charge >= 0.3 is 0 Å². The molecule has 1 aromatic rings. The monoisotopic (exact) mass is 252 g/mol. The number of nitrogens with zero attached hydrogens (tertiary/aromatic N) is 1. The van der Waals surface area contributed by atoms with Crippen LogP contribution in [0.1, 0.15) is 32.6 Å². The third kappa shape index (κ3) is 3.28. The van der Waals surface area contributed by atoms with Gasteiger partial charge in [-0.05, 0) is 30.9 Å². The van der Waals surface area contributed by atoms with Gasteiger partial charge in [-0.1, -0.05) is 19.8 Å². The van der Waals surface area contributed by atoms with Crippen molar-refractivity contribution in [1.82, 2.24) is 4.98 Å². The fraction of sp³-hybridized carbons (Fsp3) is 0.615. The summed E-state index contributed by atoms with van der Waals surface area (Å²) in [6, 6.07) is 3.86. The lowest BCUT2D eigenvalue weighted by Gasteiger charge is -2.25. The summed E-state index contributed by atoms with van der Waals surface area (Å²) >= 11 is 1.86. The summed E-state index contributed by atoms with van der Waals surface area (Å²) < 4.78 is 5.15. The molecule has 2 rings (SSSR count). The van der Waals surface area contributed by atoms with E-state index in [-0.39, 0.29) is 0 Å². The van der Waals surface area contributed by atoms with Crippen LogP contribution in [-0.2, 0) is 0 Å². The van der Waals surface area contributed by atoms with Crippen molar-refractivity contribution in [1.29, 1.82) is 0 Å². The number of rotatable bonds is 3. The van der Waals surface area contributed by atoms with E-state index in [0.717, 1.165) is 10.9 Å². The summed E-state index contributed by atoms with van der Waals surface area (Å²) in [5, 5.41) is 1.72. The van der Waals surface area contributed by atoms with Crippen LogP contribution < -0.4 is 10.5 Å². The Morgan fingerprint density at radius 2 is 2.24 bits per heavy atom. The molecule has 1 aliphatic rings.